The molecule has 0 bridgehead atoms. The molecule has 0 radical (unpaired) electrons. The summed E-state index contributed by atoms with van der Waals surface area (Å²) in [7, 11) is 0. The molecule has 1 aliphatic rings. The second-order valence-corrected chi connectivity index (χ2v) is 7.33. The third kappa shape index (κ3) is 2.78. The normalized spacial score (nSPS) is 14.3. The maximum atomic E-state index is 12.4. The van der Waals surface area contributed by atoms with Crippen molar-refractivity contribution >= 4 is 5.91 Å². The number of carbonyl (C=O) groups excluding carboxylic acids is 1. The van der Waals surface area contributed by atoms with E-state index in [1.54, 1.807) is 0 Å². The molecule has 2 aromatic rings. The third-order valence-electron chi connectivity index (χ3n) is 4.09. The Morgan fingerprint density at radius 3 is 2.68 bits per heavy atom. The van der Waals surface area contributed by atoms with E-state index in [-0.39, 0.29) is 11.3 Å². The molecule has 4 nitrogen and oxygen atoms in total. The Labute approximate surface area is 131 Å². The van der Waals surface area contributed by atoms with Gasteiger partial charge < -0.3 is 4.90 Å². The van der Waals surface area contributed by atoms with Gasteiger partial charge in [0.25, 0.3) is 0 Å². The Morgan fingerprint density at radius 1 is 1.27 bits per heavy atom. The van der Waals surface area contributed by atoms with Crippen molar-refractivity contribution in [2.45, 2.75) is 47.2 Å². The van der Waals surface area contributed by atoms with Gasteiger partial charge in [0.05, 0.1) is 24.5 Å². The van der Waals surface area contributed by atoms with Gasteiger partial charge in [-0.1, -0.05) is 45.0 Å². The van der Waals surface area contributed by atoms with E-state index in [1.807, 2.05) is 17.0 Å². The first-order valence-electron chi connectivity index (χ1n) is 7.75. The highest BCUT2D eigenvalue weighted by molar-refractivity contribution is 5.78. The standard InChI is InChI=1S/C18H23N3O/c1-12-7-5-6-8-13(12)17-14-10-21(11-15(14)19-20-17)16(22)9-18(2,3)4/h5-8H,9-11H2,1-4H3,(H,19,20). The molecule has 0 aliphatic carbocycles. The van der Waals surface area contributed by atoms with Crippen LogP contribution in [0.25, 0.3) is 11.3 Å². The summed E-state index contributed by atoms with van der Waals surface area (Å²) >= 11 is 0. The molecule has 0 atom stereocenters. The second-order valence-electron chi connectivity index (χ2n) is 7.33. The molecule has 0 unspecified atom stereocenters. The summed E-state index contributed by atoms with van der Waals surface area (Å²) in [6, 6.07) is 8.24. The van der Waals surface area contributed by atoms with Crippen LogP contribution in [0, 0.1) is 12.3 Å². The van der Waals surface area contributed by atoms with Gasteiger partial charge in [0.2, 0.25) is 5.91 Å². The number of hydrogen-bond acceptors (Lipinski definition) is 2. The lowest BCUT2D eigenvalue weighted by Gasteiger charge is -2.22. The number of aryl methyl sites for hydroxylation is 1. The summed E-state index contributed by atoms with van der Waals surface area (Å²) < 4.78 is 0. The van der Waals surface area contributed by atoms with Crippen LogP contribution in [0.5, 0.6) is 0 Å². The number of hydrogen-bond donors (Lipinski definition) is 1. The number of rotatable bonds is 2. The van der Waals surface area contributed by atoms with Gasteiger partial charge in [-0.2, -0.15) is 5.10 Å². The Balaban J connectivity index is 1.84. The van der Waals surface area contributed by atoms with Gasteiger partial charge in [-0.15, -0.1) is 0 Å². The molecule has 0 saturated carbocycles. The van der Waals surface area contributed by atoms with Gasteiger partial charge >= 0.3 is 0 Å². The summed E-state index contributed by atoms with van der Waals surface area (Å²) in [6.07, 6.45) is 0.574. The van der Waals surface area contributed by atoms with Crippen LogP contribution in [0.3, 0.4) is 0 Å². The fourth-order valence-corrected chi connectivity index (χ4v) is 2.94. The van der Waals surface area contributed by atoms with Crippen molar-refractivity contribution in [2.24, 2.45) is 5.41 Å². The number of nitrogens with zero attached hydrogens (tertiary/aromatic N) is 2. The topological polar surface area (TPSA) is 49.0 Å². The second kappa shape index (κ2) is 5.27. The Kier molecular flexibility index (Phi) is 3.55. The molecule has 3 rings (SSSR count). The lowest BCUT2D eigenvalue weighted by atomic mass is 9.91. The highest BCUT2D eigenvalue weighted by Crippen LogP contribution is 2.33. The number of carbonyl (C=O) groups is 1. The summed E-state index contributed by atoms with van der Waals surface area (Å²) in [5.74, 6) is 0.216. The molecule has 1 N–H and O–H groups in total. The van der Waals surface area contributed by atoms with Crippen LogP contribution >= 0.6 is 0 Å². The number of benzene rings is 1. The van der Waals surface area contributed by atoms with Crippen LogP contribution in [-0.2, 0) is 17.9 Å². The SMILES string of the molecule is Cc1ccccc1-c1n[nH]c2c1CN(C(=O)CC(C)(C)C)C2. The van der Waals surface area contributed by atoms with Crippen molar-refractivity contribution in [1.29, 1.82) is 0 Å². The molecule has 2 heterocycles. The van der Waals surface area contributed by atoms with Crippen molar-refractivity contribution in [1.82, 2.24) is 15.1 Å². The average Bonchev–Trinajstić information content (AvgIpc) is 2.97. The summed E-state index contributed by atoms with van der Waals surface area (Å²) in [5, 5.41) is 7.59. The number of amides is 1. The fourth-order valence-electron chi connectivity index (χ4n) is 2.94. The Hall–Kier alpha value is -2.10. The number of H-pyrrole nitrogens is 1. The minimum atomic E-state index is 0.0183. The van der Waals surface area contributed by atoms with Gasteiger partial charge in [0.1, 0.15) is 0 Å². The molecular formula is C18H23N3O. The van der Waals surface area contributed by atoms with Crippen LogP contribution in [-0.4, -0.2) is 21.0 Å². The highest BCUT2D eigenvalue weighted by Gasteiger charge is 2.30. The molecule has 22 heavy (non-hydrogen) atoms. The molecule has 1 aromatic heterocycles. The molecule has 4 heteroatoms. The average molecular weight is 297 g/mol. The van der Waals surface area contributed by atoms with Crippen molar-refractivity contribution in [2.75, 3.05) is 0 Å². The first kappa shape index (κ1) is 14.8. The number of aromatic nitrogens is 2. The summed E-state index contributed by atoms with van der Waals surface area (Å²) in [4.78, 5) is 14.4. The van der Waals surface area contributed by atoms with E-state index >= 15 is 0 Å². The molecular weight excluding hydrogens is 274 g/mol. The van der Waals surface area contributed by atoms with Gasteiger partial charge in [-0.05, 0) is 17.9 Å². The first-order chi connectivity index (χ1) is 10.3. The van der Waals surface area contributed by atoms with E-state index in [9.17, 15) is 4.79 Å². The monoisotopic (exact) mass is 297 g/mol. The fraction of sp³-hybridized carbons (Fsp3) is 0.444. The molecule has 0 saturated heterocycles. The smallest absolute Gasteiger partial charge is 0.223 e. The van der Waals surface area contributed by atoms with Crippen molar-refractivity contribution in [3.63, 3.8) is 0 Å². The minimum Gasteiger partial charge on any atom is -0.332 e. The van der Waals surface area contributed by atoms with Gasteiger partial charge in [0.15, 0.2) is 0 Å². The van der Waals surface area contributed by atoms with E-state index in [0.717, 1.165) is 22.5 Å². The van der Waals surface area contributed by atoms with E-state index in [0.29, 0.717) is 19.5 Å². The van der Waals surface area contributed by atoms with Crippen molar-refractivity contribution in [3.8, 4) is 11.3 Å². The van der Waals surface area contributed by atoms with E-state index in [2.05, 4.69) is 50.0 Å². The molecule has 0 fully saturated rings. The van der Waals surface area contributed by atoms with E-state index in [4.69, 9.17) is 0 Å². The molecule has 1 aromatic carbocycles. The third-order valence-corrected chi connectivity index (χ3v) is 4.09. The van der Waals surface area contributed by atoms with Crippen LogP contribution in [0.1, 0.15) is 44.0 Å². The van der Waals surface area contributed by atoms with Gasteiger partial charge in [-0.25, -0.2) is 0 Å². The molecule has 0 spiro atoms. The zero-order valence-electron chi connectivity index (χ0n) is 13.7. The molecule has 1 aliphatic heterocycles. The summed E-state index contributed by atoms with van der Waals surface area (Å²) in [5.41, 5.74) is 5.59. The number of nitrogens with one attached hydrogen (secondary N) is 1. The zero-order chi connectivity index (χ0) is 15.9. The van der Waals surface area contributed by atoms with Gasteiger partial charge in [0, 0.05) is 17.5 Å². The van der Waals surface area contributed by atoms with Crippen LogP contribution in [0.2, 0.25) is 0 Å². The lowest BCUT2D eigenvalue weighted by Crippen LogP contribution is -2.29. The predicted molar refractivity (Wildman–Crippen MR) is 87.1 cm³/mol. The van der Waals surface area contributed by atoms with E-state index in [1.165, 1.54) is 5.56 Å². The highest BCUT2D eigenvalue weighted by atomic mass is 16.2. The quantitative estimate of drug-likeness (QED) is 0.919. The Bertz CT molecular complexity index is 709. The first-order valence-corrected chi connectivity index (χ1v) is 7.75. The van der Waals surface area contributed by atoms with Crippen LogP contribution in [0.15, 0.2) is 24.3 Å². The molecule has 116 valence electrons. The predicted octanol–water partition coefficient (Wildman–Crippen LogP) is 3.66. The number of aromatic amines is 1. The Morgan fingerprint density at radius 2 is 2.00 bits per heavy atom. The van der Waals surface area contributed by atoms with Gasteiger partial charge in [-0.3, -0.25) is 9.89 Å². The number of fused-ring (bicyclic) bond motifs is 1. The largest absolute Gasteiger partial charge is 0.332 e. The summed E-state index contributed by atoms with van der Waals surface area (Å²) in [6.45, 7) is 9.68. The van der Waals surface area contributed by atoms with E-state index < -0.39 is 0 Å². The van der Waals surface area contributed by atoms with Crippen LogP contribution in [0.4, 0.5) is 0 Å². The molecule has 1 amide bonds. The zero-order valence-corrected chi connectivity index (χ0v) is 13.7. The lowest BCUT2D eigenvalue weighted by molar-refractivity contribution is -0.133. The van der Waals surface area contributed by atoms with Crippen molar-refractivity contribution < 1.29 is 4.79 Å². The van der Waals surface area contributed by atoms with Crippen molar-refractivity contribution in [3.05, 3.63) is 41.1 Å². The van der Waals surface area contributed by atoms with Crippen LogP contribution < -0.4 is 0 Å². The maximum Gasteiger partial charge on any atom is 0.223 e. The minimum absolute atomic E-state index is 0.0183. The maximum absolute atomic E-state index is 12.4.